The summed E-state index contributed by atoms with van der Waals surface area (Å²) in [5, 5.41) is 11.0. The van der Waals surface area contributed by atoms with Crippen molar-refractivity contribution in [1.29, 1.82) is 0 Å². The Balaban J connectivity index is 1.49. The monoisotopic (exact) mass is 495 g/mol. The van der Waals surface area contributed by atoms with Crippen molar-refractivity contribution in [2.75, 3.05) is 10.7 Å². The number of carbonyl (C=O) groups is 1. The van der Waals surface area contributed by atoms with Crippen molar-refractivity contribution >= 4 is 23.4 Å². The highest BCUT2D eigenvalue weighted by Gasteiger charge is 2.38. The summed E-state index contributed by atoms with van der Waals surface area (Å²) in [6.45, 7) is 1.97. The molecule has 0 unspecified atom stereocenters. The summed E-state index contributed by atoms with van der Waals surface area (Å²) in [5.74, 6) is 0.157. The van der Waals surface area contributed by atoms with Crippen LogP contribution in [0, 0.1) is 6.92 Å². The molecule has 0 saturated carbocycles. The summed E-state index contributed by atoms with van der Waals surface area (Å²) >= 11 is 1.21. The van der Waals surface area contributed by atoms with Gasteiger partial charge in [-0.15, -0.1) is 10.2 Å². The molecule has 0 radical (unpaired) electrons. The Morgan fingerprint density at radius 3 is 2.46 bits per heavy atom. The van der Waals surface area contributed by atoms with Crippen LogP contribution in [0.1, 0.15) is 22.7 Å². The Morgan fingerprint density at radius 1 is 1.00 bits per heavy atom. The molecule has 1 aliphatic rings. The first kappa shape index (κ1) is 23.0. The van der Waals surface area contributed by atoms with E-state index in [1.165, 1.54) is 23.9 Å². The van der Waals surface area contributed by atoms with Gasteiger partial charge >= 0.3 is 6.18 Å². The fourth-order valence-corrected chi connectivity index (χ4v) is 4.92. The lowest BCUT2D eigenvalue weighted by atomic mass is 10.0. The zero-order valence-electron chi connectivity index (χ0n) is 18.5. The van der Waals surface area contributed by atoms with Crippen molar-refractivity contribution in [3.8, 4) is 11.4 Å². The van der Waals surface area contributed by atoms with E-state index in [4.69, 9.17) is 0 Å². The van der Waals surface area contributed by atoms with E-state index in [0.29, 0.717) is 11.0 Å². The van der Waals surface area contributed by atoms with Gasteiger partial charge < -0.3 is 10.7 Å². The molecule has 178 valence electrons. The number of fused-ring (bicyclic) bond motifs is 1. The van der Waals surface area contributed by atoms with Crippen LogP contribution < -0.4 is 10.7 Å². The molecule has 2 atom stereocenters. The number of thioether (sulfide) groups is 1. The van der Waals surface area contributed by atoms with Gasteiger partial charge in [0.25, 0.3) is 0 Å². The maximum Gasteiger partial charge on any atom is 0.416 e. The molecule has 0 aliphatic carbocycles. The molecule has 10 heteroatoms. The van der Waals surface area contributed by atoms with Crippen LogP contribution in [0.4, 0.5) is 18.9 Å². The molecule has 1 amide bonds. The minimum absolute atomic E-state index is 0.0742. The highest BCUT2D eigenvalue weighted by Crippen LogP contribution is 2.39. The standard InChI is InChI=1S/C25H20F3N5OS/c1-15-10-12-16(13-11-15)20-21(23(34)29-19-9-5-8-18(14-19)25(26,27)28)35-24-31-30-22(33(24)32-20)17-6-3-2-4-7-17/h2-14,20-21,32H,1H3,(H,29,34)/t20-,21+/m1/s1. The number of nitrogens with zero attached hydrogens (tertiary/aromatic N) is 3. The maximum atomic E-state index is 13.4. The summed E-state index contributed by atoms with van der Waals surface area (Å²) in [7, 11) is 0. The third kappa shape index (κ3) is 4.74. The van der Waals surface area contributed by atoms with Gasteiger partial charge in [0.05, 0.1) is 11.6 Å². The molecular weight excluding hydrogens is 475 g/mol. The number of rotatable bonds is 4. The molecule has 35 heavy (non-hydrogen) atoms. The Kier molecular flexibility index (Phi) is 5.98. The van der Waals surface area contributed by atoms with Crippen LogP contribution in [0.3, 0.4) is 0 Å². The average Bonchev–Trinajstić information content (AvgIpc) is 3.27. The lowest BCUT2D eigenvalue weighted by Crippen LogP contribution is -2.41. The molecule has 0 bridgehead atoms. The first-order valence-electron chi connectivity index (χ1n) is 10.8. The molecule has 2 N–H and O–H groups in total. The predicted octanol–water partition coefficient (Wildman–Crippen LogP) is 5.67. The van der Waals surface area contributed by atoms with Crippen molar-refractivity contribution in [3.63, 3.8) is 0 Å². The summed E-state index contributed by atoms with van der Waals surface area (Å²) in [6.07, 6.45) is -4.50. The van der Waals surface area contributed by atoms with Gasteiger partial charge in [-0.25, -0.2) is 4.68 Å². The highest BCUT2D eigenvalue weighted by atomic mass is 32.2. The van der Waals surface area contributed by atoms with Crippen molar-refractivity contribution in [1.82, 2.24) is 14.9 Å². The van der Waals surface area contributed by atoms with Gasteiger partial charge in [-0.2, -0.15) is 13.2 Å². The molecule has 5 rings (SSSR count). The number of alkyl halides is 3. The summed E-state index contributed by atoms with van der Waals surface area (Å²) in [4.78, 5) is 13.4. The number of hydrogen-bond acceptors (Lipinski definition) is 5. The number of halogens is 3. The van der Waals surface area contributed by atoms with E-state index >= 15 is 0 Å². The number of carbonyl (C=O) groups excluding carboxylic acids is 1. The van der Waals surface area contributed by atoms with Gasteiger partial charge in [0.15, 0.2) is 5.82 Å². The van der Waals surface area contributed by atoms with Gasteiger partial charge in [-0.3, -0.25) is 4.79 Å². The first-order valence-corrected chi connectivity index (χ1v) is 11.7. The van der Waals surface area contributed by atoms with Crippen LogP contribution in [0.25, 0.3) is 11.4 Å². The summed E-state index contributed by atoms with van der Waals surface area (Å²) in [6, 6.07) is 21.4. The van der Waals surface area contributed by atoms with E-state index in [-0.39, 0.29) is 5.69 Å². The number of anilines is 1. The molecule has 1 aromatic heterocycles. The van der Waals surface area contributed by atoms with Gasteiger partial charge in [0.1, 0.15) is 5.25 Å². The van der Waals surface area contributed by atoms with Crippen LogP contribution in [-0.2, 0) is 11.0 Å². The average molecular weight is 496 g/mol. The maximum absolute atomic E-state index is 13.4. The van der Waals surface area contributed by atoms with E-state index in [1.54, 1.807) is 4.68 Å². The van der Waals surface area contributed by atoms with Crippen molar-refractivity contribution in [3.05, 3.63) is 95.6 Å². The zero-order valence-corrected chi connectivity index (χ0v) is 19.3. The lowest BCUT2D eigenvalue weighted by molar-refractivity contribution is -0.137. The van der Waals surface area contributed by atoms with Gasteiger partial charge in [0, 0.05) is 11.3 Å². The van der Waals surface area contributed by atoms with Gasteiger partial charge in [0.2, 0.25) is 11.1 Å². The topological polar surface area (TPSA) is 71.8 Å². The largest absolute Gasteiger partial charge is 0.416 e. The third-order valence-corrected chi connectivity index (χ3v) is 6.84. The van der Waals surface area contributed by atoms with E-state index in [2.05, 4.69) is 20.9 Å². The Hall–Kier alpha value is -3.79. The summed E-state index contributed by atoms with van der Waals surface area (Å²) < 4.78 is 41.2. The quantitative estimate of drug-likeness (QED) is 0.382. The van der Waals surface area contributed by atoms with E-state index in [1.807, 2.05) is 61.5 Å². The highest BCUT2D eigenvalue weighted by molar-refractivity contribution is 8.00. The second-order valence-corrected chi connectivity index (χ2v) is 9.24. The van der Waals surface area contributed by atoms with E-state index in [9.17, 15) is 18.0 Å². The number of hydrogen-bond donors (Lipinski definition) is 2. The van der Waals surface area contributed by atoms with E-state index in [0.717, 1.165) is 28.8 Å². The molecular formula is C25H20F3N5OS. The molecule has 0 fully saturated rings. The molecule has 1 aliphatic heterocycles. The number of aryl methyl sites for hydroxylation is 1. The fraction of sp³-hybridized carbons (Fsp3) is 0.160. The van der Waals surface area contributed by atoms with E-state index < -0.39 is 28.9 Å². The Bertz CT molecular complexity index is 1360. The normalized spacial score (nSPS) is 17.4. The van der Waals surface area contributed by atoms with Gasteiger partial charge in [-0.05, 0) is 30.7 Å². The van der Waals surface area contributed by atoms with Crippen molar-refractivity contribution in [2.45, 2.75) is 29.5 Å². The number of amides is 1. The predicted molar refractivity (Wildman–Crippen MR) is 128 cm³/mol. The van der Waals surface area contributed by atoms with Crippen LogP contribution in [-0.4, -0.2) is 26.0 Å². The Labute approximate surface area is 203 Å². The SMILES string of the molecule is Cc1ccc([C@H]2Nn3c(nnc3-c3ccccc3)S[C@@H]2C(=O)Nc2cccc(C(F)(F)F)c2)cc1. The number of benzene rings is 3. The number of nitrogens with one attached hydrogen (secondary N) is 2. The van der Waals surface area contributed by atoms with Crippen molar-refractivity contribution in [2.24, 2.45) is 0 Å². The van der Waals surface area contributed by atoms with Crippen LogP contribution in [0.2, 0.25) is 0 Å². The second kappa shape index (κ2) is 9.10. The second-order valence-electron chi connectivity index (χ2n) is 8.13. The first-order chi connectivity index (χ1) is 16.8. The Morgan fingerprint density at radius 2 is 1.74 bits per heavy atom. The van der Waals surface area contributed by atoms with Crippen molar-refractivity contribution < 1.29 is 18.0 Å². The number of aromatic nitrogens is 3. The molecule has 0 saturated heterocycles. The fourth-order valence-electron chi connectivity index (χ4n) is 3.84. The third-order valence-electron chi connectivity index (χ3n) is 5.62. The molecule has 3 aromatic carbocycles. The van der Waals surface area contributed by atoms with Crippen LogP contribution in [0.15, 0.2) is 84.0 Å². The molecule has 4 aromatic rings. The zero-order chi connectivity index (χ0) is 24.6. The summed E-state index contributed by atoms with van der Waals surface area (Å²) in [5.41, 5.74) is 5.38. The minimum Gasteiger partial charge on any atom is -0.325 e. The molecule has 6 nitrogen and oxygen atoms in total. The minimum atomic E-state index is -4.50. The smallest absolute Gasteiger partial charge is 0.325 e. The van der Waals surface area contributed by atoms with Crippen LogP contribution in [0.5, 0.6) is 0 Å². The van der Waals surface area contributed by atoms with Crippen LogP contribution >= 0.6 is 11.8 Å². The molecule has 0 spiro atoms. The van der Waals surface area contributed by atoms with Gasteiger partial charge in [-0.1, -0.05) is 78.0 Å². The lowest BCUT2D eigenvalue weighted by Gasteiger charge is -2.33. The molecule has 2 heterocycles.